The number of unbranched alkanes of at least 4 members (excludes halogenated alkanes) is 1. The van der Waals surface area contributed by atoms with Gasteiger partial charge < -0.3 is 48.3 Å². The van der Waals surface area contributed by atoms with Gasteiger partial charge in [-0.15, -0.1) is 0 Å². The number of hydrogen-bond donors (Lipinski definition) is 3. The normalized spacial score (nSPS) is 41.9. The van der Waals surface area contributed by atoms with E-state index in [2.05, 4.69) is 20.8 Å². The Labute approximate surface area is 366 Å². The van der Waals surface area contributed by atoms with E-state index in [1.54, 1.807) is 39.3 Å². The molecule has 5 heterocycles. The first-order chi connectivity index (χ1) is 28.4. The van der Waals surface area contributed by atoms with Crippen molar-refractivity contribution >= 4 is 19.1 Å². The number of aliphatic hydroxyl groups is 3. The molecule has 0 bridgehead atoms. The number of carbonyl (C=O) groups excluding carboxylic acids is 2. The molecule has 0 unspecified atom stereocenters. The molecule has 5 rings (SSSR count). The number of hydrogen-bond acceptors (Lipinski definition) is 13. The molecule has 0 radical (unpaired) electrons. The molecular weight excluding hydrogens is 803 g/mol. The summed E-state index contributed by atoms with van der Waals surface area (Å²) in [6.45, 7) is 23.3. The molecule has 352 valence electrons. The van der Waals surface area contributed by atoms with Crippen LogP contribution < -0.4 is 0 Å². The molecule has 4 fully saturated rings. The van der Waals surface area contributed by atoms with Crippen LogP contribution in [-0.2, 0) is 47.1 Å². The molecule has 0 saturated carbocycles. The van der Waals surface area contributed by atoms with Gasteiger partial charge in [0.05, 0.1) is 67.0 Å². The molecule has 0 amide bonds. The van der Waals surface area contributed by atoms with E-state index in [4.69, 9.17) is 32.9 Å². The molecule has 2 spiro atoms. The molecule has 61 heavy (non-hydrogen) atoms. The Balaban J connectivity index is 1.23. The number of Topliss-reactive ketones (excluding diaryl/α,β-unsaturated/α-hetero) is 1. The summed E-state index contributed by atoms with van der Waals surface area (Å²) in [4.78, 5) is 27.9. The zero-order valence-electron chi connectivity index (χ0n) is 39.3. The summed E-state index contributed by atoms with van der Waals surface area (Å²) in [7, 11) is -2.54. The molecule has 3 N–H and O–H groups in total. The lowest BCUT2D eigenvalue weighted by atomic mass is 9.72. The summed E-state index contributed by atoms with van der Waals surface area (Å²) in [5, 5.41) is 34.2. The quantitative estimate of drug-likeness (QED) is 0.0564. The highest BCUT2D eigenvalue weighted by Gasteiger charge is 2.63. The van der Waals surface area contributed by atoms with E-state index in [1.807, 2.05) is 34.6 Å². The van der Waals surface area contributed by atoms with E-state index in [0.717, 1.165) is 6.42 Å². The maximum atomic E-state index is 14.6. The fourth-order valence-electron chi connectivity index (χ4n) is 10.8. The van der Waals surface area contributed by atoms with Gasteiger partial charge in [-0.05, 0) is 109 Å². The third-order valence-corrected chi connectivity index (χ3v) is 16.0. The average Bonchev–Trinajstić information content (AvgIpc) is 3.54. The lowest BCUT2D eigenvalue weighted by Crippen LogP contribution is -2.63. The van der Waals surface area contributed by atoms with Crippen molar-refractivity contribution in [3.05, 3.63) is 12.2 Å². The highest BCUT2D eigenvalue weighted by molar-refractivity contribution is 7.57. The fraction of sp³-hybridized carbons (Fsp3) is 0.915. The summed E-state index contributed by atoms with van der Waals surface area (Å²) in [5.41, 5.74) is -1.69. The molecule has 18 atom stereocenters. The maximum Gasteiger partial charge on any atom is 0.311 e. The average molecular weight is 885 g/mol. The fourth-order valence-corrected chi connectivity index (χ4v) is 11.4. The van der Waals surface area contributed by atoms with Crippen molar-refractivity contribution in [1.29, 1.82) is 0 Å². The molecule has 14 heteroatoms. The second kappa shape index (κ2) is 20.1. The Morgan fingerprint density at radius 3 is 2.20 bits per heavy atom. The monoisotopic (exact) mass is 885 g/mol. The lowest BCUT2D eigenvalue weighted by molar-refractivity contribution is -0.408. The topological polar surface area (TPSA) is 177 Å². The second-order valence-electron chi connectivity index (χ2n) is 20.4. The number of ketones is 1. The zero-order valence-corrected chi connectivity index (χ0v) is 40.2. The number of aliphatic hydroxyl groups excluding tert-OH is 2. The summed E-state index contributed by atoms with van der Waals surface area (Å²) < 4.78 is 56.5. The molecule has 0 aromatic heterocycles. The van der Waals surface area contributed by atoms with Crippen LogP contribution in [0.1, 0.15) is 140 Å². The van der Waals surface area contributed by atoms with Crippen molar-refractivity contribution in [2.45, 2.75) is 205 Å². The highest BCUT2D eigenvalue weighted by Crippen LogP contribution is 2.54. The van der Waals surface area contributed by atoms with Gasteiger partial charge in [0, 0.05) is 43.4 Å². The van der Waals surface area contributed by atoms with Crippen LogP contribution in [0.15, 0.2) is 12.2 Å². The van der Waals surface area contributed by atoms with Crippen LogP contribution in [0.4, 0.5) is 0 Å². The van der Waals surface area contributed by atoms with Crippen LogP contribution in [0.2, 0.25) is 0 Å². The molecular formula is C47H81O13P. The number of ether oxygens (including phenoxy) is 6. The third-order valence-electron chi connectivity index (χ3n) is 15.2. The van der Waals surface area contributed by atoms with E-state index >= 15 is 0 Å². The van der Waals surface area contributed by atoms with Gasteiger partial charge in [-0.25, -0.2) is 0 Å². The number of carbonyl (C=O) groups is 2. The van der Waals surface area contributed by atoms with Crippen LogP contribution in [0.5, 0.6) is 0 Å². The zero-order chi connectivity index (χ0) is 45.3. The lowest BCUT2D eigenvalue weighted by Gasteiger charge is -2.54. The van der Waals surface area contributed by atoms with Crippen molar-refractivity contribution in [3.63, 3.8) is 0 Å². The van der Waals surface area contributed by atoms with Crippen LogP contribution in [0.3, 0.4) is 0 Å². The van der Waals surface area contributed by atoms with Crippen molar-refractivity contribution in [2.24, 2.45) is 41.4 Å². The van der Waals surface area contributed by atoms with Crippen molar-refractivity contribution in [3.8, 4) is 0 Å². The van der Waals surface area contributed by atoms with E-state index in [0.29, 0.717) is 70.8 Å². The third kappa shape index (κ3) is 11.2. The molecule has 4 saturated heterocycles. The van der Waals surface area contributed by atoms with Gasteiger partial charge in [0.15, 0.2) is 13.2 Å². The second-order valence-corrected chi connectivity index (χ2v) is 23.2. The Morgan fingerprint density at radius 2 is 1.56 bits per heavy atom. The van der Waals surface area contributed by atoms with Gasteiger partial charge >= 0.3 is 5.97 Å². The number of rotatable bonds is 17. The smallest absolute Gasteiger partial charge is 0.311 e. The van der Waals surface area contributed by atoms with Crippen LogP contribution in [0.25, 0.3) is 0 Å². The van der Waals surface area contributed by atoms with E-state index in [-0.39, 0.29) is 60.5 Å². The number of esters is 1. The van der Waals surface area contributed by atoms with Gasteiger partial charge in [0.2, 0.25) is 5.79 Å². The minimum absolute atomic E-state index is 0.00335. The summed E-state index contributed by atoms with van der Waals surface area (Å²) in [6, 6.07) is 0. The van der Waals surface area contributed by atoms with E-state index < -0.39 is 72.1 Å². The predicted molar refractivity (Wildman–Crippen MR) is 232 cm³/mol. The predicted octanol–water partition coefficient (Wildman–Crippen LogP) is 7.59. The summed E-state index contributed by atoms with van der Waals surface area (Å²) in [5.74, 6) is -5.13. The highest BCUT2D eigenvalue weighted by atomic mass is 31.2. The van der Waals surface area contributed by atoms with Gasteiger partial charge in [0.25, 0.3) is 0 Å². The van der Waals surface area contributed by atoms with Crippen molar-refractivity contribution < 1.29 is 62.4 Å². The minimum Gasteiger partial charge on any atom is -0.465 e. The van der Waals surface area contributed by atoms with Crippen molar-refractivity contribution in [2.75, 3.05) is 26.5 Å². The summed E-state index contributed by atoms with van der Waals surface area (Å²) in [6.07, 6.45) is 6.23. The Hall–Kier alpha value is -1.25. The first-order valence-corrected chi connectivity index (χ1v) is 26.0. The molecule has 5 aliphatic rings. The van der Waals surface area contributed by atoms with Crippen molar-refractivity contribution in [1.82, 2.24) is 0 Å². The molecule has 13 nitrogen and oxygen atoms in total. The van der Waals surface area contributed by atoms with Gasteiger partial charge in [-0.3, -0.25) is 14.2 Å². The Bertz CT molecular complexity index is 1570. The van der Waals surface area contributed by atoms with Crippen LogP contribution >= 0.6 is 7.37 Å². The van der Waals surface area contributed by atoms with Crippen LogP contribution in [-0.4, -0.2) is 119 Å². The van der Waals surface area contributed by atoms with E-state index in [9.17, 15) is 29.5 Å². The maximum absolute atomic E-state index is 14.6. The van der Waals surface area contributed by atoms with Gasteiger partial charge in [-0.2, -0.15) is 0 Å². The van der Waals surface area contributed by atoms with Gasteiger partial charge in [0.1, 0.15) is 11.9 Å². The first-order valence-electron chi connectivity index (χ1n) is 23.5. The minimum atomic E-state index is -2.54. The summed E-state index contributed by atoms with van der Waals surface area (Å²) >= 11 is 0. The largest absolute Gasteiger partial charge is 0.465 e. The Kier molecular flexibility index (Phi) is 16.7. The molecule has 0 aromatic carbocycles. The molecule has 0 aliphatic carbocycles. The molecule has 5 aliphatic heterocycles. The van der Waals surface area contributed by atoms with Crippen LogP contribution in [0, 0.1) is 41.4 Å². The molecule has 0 aromatic rings. The Morgan fingerprint density at radius 1 is 0.885 bits per heavy atom. The SMILES string of the molecule is CC[C@H](C(=O)OCCCCOP(C)(C)=O)[C@H]1CC[C@H](C)[C@H]([C@@H](C)[C@H](O)[C@H](C)C(=O)[C@H](CC)[C@H]2O[C@]3(C=C[C@@H](O)[C@]4(CC[C@@](C)([C@H]5CC[C@@](C)(O)[C@H](C)O5)O4)O3)[C@H](C)C[C@@H]2C)O1. The van der Waals surface area contributed by atoms with Gasteiger partial charge in [-0.1, -0.05) is 48.5 Å². The van der Waals surface area contributed by atoms with E-state index in [1.165, 1.54) is 0 Å². The first kappa shape index (κ1) is 50.7. The standard InChI is InChI=1S/C47H81O13P/c1-13-34(43(51)54-25-15-16-26-55-61(11,12)53)36-18-17-28(3)41(57-36)32(7)39(49)31(6)40(50)35(14-2)42-29(4)27-30(5)46(58-42)22-19-37(48)47(60-46)24-23-45(10,59-47)38-20-21-44(9,52)33(8)56-38/h19,22,28-39,41-42,48-49,52H,13-18,20-21,23-27H2,1-12H3/t28-,29-,30+,31-,32-,33-,34-,35-,36+,37+,38+,39+,41+,42-,44+,45-,46-,47-/m0/s1.